The lowest BCUT2D eigenvalue weighted by Gasteiger charge is -2.11. The van der Waals surface area contributed by atoms with Gasteiger partial charge in [-0.05, 0) is 17.7 Å². The highest BCUT2D eigenvalue weighted by Gasteiger charge is 2.19. The first-order chi connectivity index (χ1) is 11.2. The summed E-state index contributed by atoms with van der Waals surface area (Å²) < 4.78 is 16.4. The van der Waals surface area contributed by atoms with Crippen molar-refractivity contribution in [3.8, 4) is 11.5 Å². The topological polar surface area (TPSA) is 72.8 Å². The van der Waals surface area contributed by atoms with E-state index in [1.54, 1.807) is 12.1 Å². The lowest BCUT2D eigenvalue weighted by Crippen LogP contribution is -1.99. The Bertz CT molecular complexity index is 1040. The highest BCUT2D eigenvalue weighted by Crippen LogP contribution is 2.43. The number of benzene rings is 2. The number of rotatable bonds is 3. The van der Waals surface area contributed by atoms with Crippen LogP contribution in [0.25, 0.3) is 21.9 Å². The highest BCUT2D eigenvalue weighted by molar-refractivity contribution is 6.08. The standard InChI is InChI=1S/C18H12O5/c19-14-7-6-12-16(23-14)13-8-9-21-17(13)15(20)18(12)22-10-11-4-2-1-3-5-11/h1-9,20H,10H2. The van der Waals surface area contributed by atoms with Crippen molar-refractivity contribution < 1.29 is 18.7 Å². The molecule has 0 saturated heterocycles. The number of hydrogen-bond acceptors (Lipinski definition) is 5. The highest BCUT2D eigenvalue weighted by atomic mass is 16.5. The summed E-state index contributed by atoms with van der Waals surface area (Å²) in [6.07, 6.45) is 1.43. The molecule has 0 saturated carbocycles. The minimum Gasteiger partial charge on any atom is -0.502 e. The molecule has 0 radical (unpaired) electrons. The molecular formula is C18H12O5. The van der Waals surface area contributed by atoms with E-state index in [1.165, 1.54) is 12.3 Å². The summed E-state index contributed by atoms with van der Waals surface area (Å²) in [6.45, 7) is 0.273. The van der Waals surface area contributed by atoms with Gasteiger partial charge in [0.25, 0.3) is 0 Å². The second kappa shape index (κ2) is 5.21. The molecule has 0 unspecified atom stereocenters. The Kier molecular flexibility index (Phi) is 3.05. The zero-order valence-corrected chi connectivity index (χ0v) is 12.0. The van der Waals surface area contributed by atoms with Crippen molar-refractivity contribution in [3.63, 3.8) is 0 Å². The predicted octanol–water partition coefficient (Wildman–Crippen LogP) is 3.82. The lowest BCUT2D eigenvalue weighted by atomic mass is 10.1. The van der Waals surface area contributed by atoms with E-state index in [4.69, 9.17) is 13.6 Å². The van der Waals surface area contributed by atoms with Crippen LogP contribution >= 0.6 is 0 Å². The van der Waals surface area contributed by atoms with Crippen LogP contribution in [-0.2, 0) is 6.61 Å². The summed E-state index contributed by atoms with van der Waals surface area (Å²) in [5.74, 6) is 0.123. The van der Waals surface area contributed by atoms with Crippen molar-refractivity contribution in [1.29, 1.82) is 0 Å². The Labute approximate surface area is 130 Å². The molecule has 2 aromatic heterocycles. The minimum atomic E-state index is -0.473. The Morgan fingerprint density at radius 2 is 1.78 bits per heavy atom. The van der Waals surface area contributed by atoms with Crippen LogP contribution in [0.5, 0.6) is 11.5 Å². The number of furan rings is 1. The molecule has 1 N–H and O–H groups in total. The summed E-state index contributed by atoms with van der Waals surface area (Å²) >= 11 is 0. The first-order valence-corrected chi connectivity index (χ1v) is 7.07. The number of ether oxygens (including phenoxy) is 1. The van der Waals surface area contributed by atoms with E-state index in [0.29, 0.717) is 16.4 Å². The Morgan fingerprint density at radius 1 is 0.957 bits per heavy atom. The van der Waals surface area contributed by atoms with E-state index in [1.807, 2.05) is 30.3 Å². The summed E-state index contributed by atoms with van der Waals surface area (Å²) in [5, 5.41) is 11.5. The van der Waals surface area contributed by atoms with Crippen LogP contribution in [0.3, 0.4) is 0 Å². The molecule has 0 amide bonds. The number of aromatic hydroxyl groups is 1. The molecule has 114 valence electrons. The van der Waals surface area contributed by atoms with E-state index >= 15 is 0 Å². The van der Waals surface area contributed by atoms with Gasteiger partial charge in [0.2, 0.25) is 5.75 Å². The largest absolute Gasteiger partial charge is 0.502 e. The molecule has 0 aliphatic rings. The number of phenols is 1. The number of fused-ring (bicyclic) bond motifs is 3. The van der Waals surface area contributed by atoms with Gasteiger partial charge in [0.15, 0.2) is 16.9 Å². The molecule has 23 heavy (non-hydrogen) atoms. The Morgan fingerprint density at radius 3 is 2.61 bits per heavy atom. The molecular weight excluding hydrogens is 296 g/mol. The average Bonchev–Trinajstić information content (AvgIpc) is 3.06. The lowest BCUT2D eigenvalue weighted by molar-refractivity contribution is 0.292. The van der Waals surface area contributed by atoms with Crippen molar-refractivity contribution >= 4 is 21.9 Å². The first-order valence-electron chi connectivity index (χ1n) is 7.07. The van der Waals surface area contributed by atoms with Crippen LogP contribution in [0, 0.1) is 0 Å². The van der Waals surface area contributed by atoms with Crippen molar-refractivity contribution in [1.82, 2.24) is 0 Å². The number of hydrogen-bond donors (Lipinski definition) is 1. The van der Waals surface area contributed by atoms with Crippen LogP contribution in [0.15, 0.2) is 68.4 Å². The van der Waals surface area contributed by atoms with Crippen molar-refractivity contribution in [2.75, 3.05) is 0 Å². The first kappa shape index (κ1) is 13.5. The van der Waals surface area contributed by atoms with Crippen LogP contribution in [0.4, 0.5) is 0 Å². The third-order valence-corrected chi connectivity index (χ3v) is 3.64. The van der Waals surface area contributed by atoms with Gasteiger partial charge in [0.05, 0.1) is 17.0 Å². The van der Waals surface area contributed by atoms with E-state index < -0.39 is 5.63 Å². The van der Waals surface area contributed by atoms with Crippen molar-refractivity contribution in [3.05, 3.63) is 70.8 Å². The molecule has 4 aromatic rings. The van der Waals surface area contributed by atoms with E-state index in [-0.39, 0.29) is 23.7 Å². The maximum Gasteiger partial charge on any atom is 0.336 e. The molecule has 2 heterocycles. The number of phenolic OH excluding ortho intramolecular Hbond substituents is 1. The van der Waals surface area contributed by atoms with Gasteiger partial charge in [-0.15, -0.1) is 0 Å². The molecule has 0 atom stereocenters. The Balaban J connectivity index is 1.89. The van der Waals surface area contributed by atoms with Gasteiger partial charge in [-0.3, -0.25) is 0 Å². The van der Waals surface area contributed by atoms with Gasteiger partial charge < -0.3 is 18.7 Å². The normalized spacial score (nSPS) is 11.1. The van der Waals surface area contributed by atoms with E-state index in [9.17, 15) is 9.90 Å². The van der Waals surface area contributed by atoms with Crippen LogP contribution < -0.4 is 10.4 Å². The smallest absolute Gasteiger partial charge is 0.336 e. The summed E-state index contributed by atoms with van der Waals surface area (Å²) in [6, 6.07) is 14.1. The third kappa shape index (κ3) is 2.23. The second-order valence-corrected chi connectivity index (χ2v) is 5.11. The molecule has 0 spiro atoms. The molecule has 5 nitrogen and oxygen atoms in total. The molecule has 0 aliphatic heterocycles. The summed E-state index contributed by atoms with van der Waals surface area (Å²) in [7, 11) is 0. The minimum absolute atomic E-state index is 0.109. The van der Waals surface area contributed by atoms with Crippen LogP contribution in [-0.4, -0.2) is 5.11 Å². The summed E-state index contributed by atoms with van der Waals surface area (Å²) in [4.78, 5) is 11.5. The van der Waals surface area contributed by atoms with Crippen molar-refractivity contribution in [2.24, 2.45) is 0 Å². The van der Waals surface area contributed by atoms with Gasteiger partial charge >= 0.3 is 5.63 Å². The molecule has 5 heteroatoms. The molecule has 0 aliphatic carbocycles. The zero-order valence-electron chi connectivity index (χ0n) is 12.0. The van der Waals surface area contributed by atoms with Gasteiger partial charge in [0.1, 0.15) is 6.61 Å². The van der Waals surface area contributed by atoms with Crippen LogP contribution in [0.2, 0.25) is 0 Å². The fourth-order valence-corrected chi connectivity index (χ4v) is 2.57. The second-order valence-electron chi connectivity index (χ2n) is 5.11. The molecule has 0 fully saturated rings. The monoisotopic (exact) mass is 308 g/mol. The maximum absolute atomic E-state index is 11.5. The van der Waals surface area contributed by atoms with Gasteiger partial charge in [-0.2, -0.15) is 0 Å². The van der Waals surface area contributed by atoms with Crippen molar-refractivity contribution in [2.45, 2.75) is 6.61 Å². The third-order valence-electron chi connectivity index (χ3n) is 3.64. The van der Waals surface area contributed by atoms with E-state index in [2.05, 4.69) is 0 Å². The molecule has 0 bridgehead atoms. The maximum atomic E-state index is 11.5. The predicted molar refractivity (Wildman–Crippen MR) is 84.7 cm³/mol. The fraction of sp³-hybridized carbons (Fsp3) is 0.0556. The van der Waals surface area contributed by atoms with Gasteiger partial charge in [-0.25, -0.2) is 4.79 Å². The molecule has 2 aromatic carbocycles. The van der Waals surface area contributed by atoms with Gasteiger partial charge in [0, 0.05) is 6.07 Å². The molecule has 4 rings (SSSR count). The average molecular weight is 308 g/mol. The SMILES string of the molecule is O=c1ccc2c(OCc3ccccc3)c(O)c3occc3c2o1. The van der Waals surface area contributed by atoms with Gasteiger partial charge in [-0.1, -0.05) is 30.3 Å². The quantitative estimate of drug-likeness (QED) is 0.582. The summed E-state index contributed by atoms with van der Waals surface area (Å²) in [5.41, 5.74) is 1.05. The van der Waals surface area contributed by atoms with E-state index in [0.717, 1.165) is 5.56 Å². The Hall–Kier alpha value is -3.21. The van der Waals surface area contributed by atoms with Crippen LogP contribution in [0.1, 0.15) is 5.56 Å². The fourth-order valence-electron chi connectivity index (χ4n) is 2.57. The zero-order chi connectivity index (χ0) is 15.8.